The lowest BCUT2D eigenvalue weighted by molar-refractivity contribution is -0.193. The van der Waals surface area contributed by atoms with Crippen LogP contribution in [0.1, 0.15) is 78.3 Å². The van der Waals surface area contributed by atoms with Crippen molar-refractivity contribution in [3.8, 4) is 34.5 Å². The quantitative estimate of drug-likeness (QED) is 0.00949. The van der Waals surface area contributed by atoms with E-state index < -0.39 is 54.1 Å². The number of ether oxygens (including phenoxy) is 10. The predicted molar refractivity (Wildman–Crippen MR) is 348 cm³/mol. The van der Waals surface area contributed by atoms with Crippen molar-refractivity contribution in [3.63, 3.8) is 0 Å². The fraction of sp³-hybridized carbons (Fsp3) is 0.362. The Morgan fingerprint density at radius 3 is 0.916 bits per heavy atom. The smallest absolute Gasteiger partial charge is 0.373 e. The van der Waals surface area contributed by atoms with Gasteiger partial charge in [-0.25, -0.2) is 19.2 Å². The third-order valence-electron chi connectivity index (χ3n) is 13.9. The third kappa shape index (κ3) is 32.6. The summed E-state index contributed by atoms with van der Waals surface area (Å²) < 4.78 is 52.9. The number of rotatable bonds is 35. The van der Waals surface area contributed by atoms with Gasteiger partial charge < -0.3 is 74.4 Å². The highest BCUT2D eigenvalue weighted by Crippen LogP contribution is 2.20. The van der Waals surface area contributed by atoms with Crippen molar-refractivity contribution in [2.24, 2.45) is 5.73 Å². The Bertz CT molecular complexity index is 3260. The van der Waals surface area contributed by atoms with E-state index in [-0.39, 0.29) is 63.3 Å². The molecule has 0 aliphatic heterocycles. The number of carbonyl (C=O) groups excluding carboxylic acids is 10. The molecule has 95 heavy (non-hydrogen) atoms. The van der Waals surface area contributed by atoms with E-state index in [4.69, 9.17) is 72.3 Å². The second-order valence-corrected chi connectivity index (χ2v) is 20.8. The first-order valence-electron chi connectivity index (χ1n) is 29.8. The standard InChI is InChI=1S/C35H45N3O8.C32H38N2O8S.2CO2/c1-42-29-14-7-25(8-15-29)22-28(13-20-33(39)45-23-26-9-16-30(43-2)17-10-26)37-35(41)38-32(6-4-5-21-36)34(40)46-24-27-11-18-31(44-3)19-12-27;1-38-26-11-4-22(5-12-26)18-25(10-17-30(35)41-19-23-6-13-27(39-2)14-7-23)33-32(37)34-29(21-43)31(36)42-20-24-8-15-28(40-3)16-9-24;2*2-1-3/h7-12,14-19,28,32H,4-6,13,20-24,36H2,1-3H3,(H2,37,38,41);4-9,11-16,25,29,43H,10,17-21H2,1-3H3,(H2,33,34,37);;. The summed E-state index contributed by atoms with van der Waals surface area (Å²) in [6, 6.07) is 39.9. The average molecular weight is 1330 g/mol. The molecule has 0 aliphatic carbocycles. The van der Waals surface area contributed by atoms with Crippen LogP contribution >= 0.6 is 12.6 Å². The number of hydrogen-bond donors (Lipinski definition) is 6. The Balaban J connectivity index is 0.000000458. The molecule has 0 aliphatic rings. The van der Waals surface area contributed by atoms with E-state index in [2.05, 4.69) is 33.9 Å². The fourth-order valence-corrected chi connectivity index (χ4v) is 8.93. The number of carbonyl (C=O) groups is 6. The number of unbranched alkanes of at least 4 members (excludes halogenated alkanes) is 1. The van der Waals surface area contributed by atoms with Crippen LogP contribution in [0.4, 0.5) is 9.59 Å². The molecule has 0 saturated carbocycles. The highest BCUT2D eigenvalue weighted by Gasteiger charge is 2.26. The number of methoxy groups -OCH3 is 6. The first-order chi connectivity index (χ1) is 46.0. The van der Waals surface area contributed by atoms with Gasteiger partial charge in [-0.05, 0) is 158 Å². The topological polar surface area (TPSA) is 337 Å². The lowest BCUT2D eigenvalue weighted by atomic mass is 10.0. The van der Waals surface area contributed by atoms with Crippen molar-refractivity contribution in [3.05, 3.63) is 179 Å². The highest BCUT2D eigenvalue weighted by atomic mass is 32.1. The summed E-state index contributed by atoms with van der Waals surface area (Å²) in [6.07, 6.45) is 3.89. The molecule has 4 atom stereocenters. The van der Waals surface area contributed by atoms with E-state index >= 15 is 0 Å². The first kappa shape index (κ1) is 78.9. The molecule has 6 aromatic carbocycles. The molecule has 25 nitrogen and oxygen atoms in total. The van der Waals surface area contributed by atoms with Crippen molar-refractivity contribution in [2.75, 3.05) is 55.0 Å². The van der Waals surface area contributed by atoms with Gasteiger partial charge in [-0.15, -0.1) is 0 Å². The summed E-state index contributed by atoms with van der Waals surface area (Å²) in [5.41, 5.74) is 10.8. The number of thiol groups is 1. The lowest BCUT2D eigenvalue weighted by Gasteiger charge is -2.22. The minimum atomic E-state index is -0.974. The van der Waals surface area contributed by atoms with Crippen LogP contribution in [-0.2, 0) is 96.6 Å². The van der Waals surface area contributed by atoms with Gasteiger partial charge in [0.1, 0.15) is 73.0 Å². The van der Waals surface area contributed by atoms with Crippen LogP contribution in [0.15, 0.2) is 146 Å². The Morgan fingerprint density at radius 2 is 0.642 bits per heavy atom. The largest absolute Gasteiger partial charge is 0.497 e. The average Bonchev–Trinajstić information content (AvgIpc) is 1.93. The Morgan fingerprint density at radius 1 is 0.379 bits per heavy atom. The minimum Gasteiger partial charge on any atom is -0.497 e. The summed E-state index contributed by atoms with van der Waals surface area (Å²) in [5.74, 6) is 2.33. The predicted octanol–water partition coefficient (Wildman–Crippen LogP) is 8.01. The van der Waals surface area contributed by atoms with Crippen LogP contribution in [0.2, 0.25) is 0 Å². The maximum atomic E-state index is 13.2. The zero-order valence-corrected chi connectivity index (χ0v) is 54.9. The molecule has 4 amide bonds. The molecular weight excluding hydrogens is 1250 g/mol. The van der Waals surface area contributed by atoms with Crippen LogP contribution in [0.5, 0.6) is 34.5 Å². The molecule has 0 radical (unpaired) electrons. The molecule has 510 valence electrons. The van der Waals surface area contributed by atoms with Gasteiger partial charge in [0, 0.05) is 30.7 Å². The summed E-state index contributed by atoms with van der Waals surface area (Å²) >= 11 is 4.22. The van der Waals surface area contributed by atoms with Gasteiger partial charge in [0.25, 0.3) is 0 Å². The van der Waals surface area contributed by atoms with Gasteiger partial charge in [0.05, 0.1) is 42.7 Å². The van der Waals surface area contributed by atoms with Gasteiger partial charge in [0.15, 0.2) is 0 Å². The summed E-state index contributed by atoms with van der Waals surface area (Å²) in [5, 5.41) is 11.2. The second kappa shape index (κ2) is 46.6. The number of amides is 4. The third-order valence-corrected chi connectivity index (χ3v) is 14.2. The van der Waals surface area contributed by atoms with Crippen molar-refractivity contribution in [2.45, 2.75) is 108 Å². The van der Waals surface area contributed by atoms with Gasteiger partial charge >= 0.3 is 48.2 Å². The van der Waals surface area contributed by atoms with Gasteiger partial charge in [-0.2, -0.15) is 31.8 Å². The maximum Gasteiger partial charge on any atom is 0.373 e. The molecule has 4 unspecified atom stereocenters. The number of hydrogen-bond acceptors (Lipinski definition) is 22. The Labute approximate surface area is 557 Å². The molecule has 6 rings (SSSR count). The molecule has 0 heterocycles. The molecule has 6 aromatic rings. The molecule has 26 heteroatoms. The number of nitrogens with two attached hydrogens (primary N) is 1. The Hall–Kier alpha value is -10.4. The highest BCUT2D eigenvalue weighted by molar-refractivity contribution is 7.80. The Kier molecular flexibility index (Phi) is 38.7. The van der Waals surface area contributed by atoms with Crippen LogP contribution in [0.25, 0.3) is 0 Å². The zero-order chi connectivity index (χ0) is 69.6. The molecule has 6 N–H and O–H groups in total. The van der Waals surface area contributed by atoms with Crippen molar-refractivity contribution in [1.82, 2.24) is 21.3 Å². The van der Waals surface area contributed by atoms with Crippen LogP contribution in [0.3, 0.4) is 0 Å². The van der Waals surface area contributed by atoms with Gasteiger partial charge in [-0.3, -0.25) is 9.59 Å². The van der Waals surface area contributed by atoms with Crippen molar-refractivity contribution in [1.29, 1.82) is 0 Å². The van der Waals surface area contributed by atoms with E-state index in [1.165, 1.54) is 0 Å². The molecule has 0 spiro atoms. The summed E-state index contributed by atoms with van der Waals surface area (Å²) in [6.45, 7) is 0.816. The molecule has 0 bridgehead atoms. The van der Waals surface area contributed by atoms with E-state index in [0.29, 0.717) is 86.0 Å². The second-order valence-electron chi connectivity index (χ2n) is 20.5. The van der Waals surface area contributed by atoms with Crippen LogP contribution in [-0.4, -0.2) is 127 Å². The summed E-state index contributed by atoms with van der Waals surface area (Å²) in [4.78, 5) is 110. The fourth-order valence-electron chi connectivity index (χ4n) is 8.69. The molecular formula is C69H83N5O20S. The van der Waals surface area contributed by atoms with Gasteiger partial charge in [-0.1, -0.05) is 72.8 Å². The molecule has 0 fully saturated rings. The SMILES string of the molecule is COc1ccc(COC(=O)CCC(Cc2ccc(OC)cc2)NC(=O)NC(CCCCN)C(=O)OCc2ccc(OC)cc2)cc1.COc1ccc(COC(=O)CCC(Cc2ccc(OC)cc2)NC(=O)NC(CS)C(=O)OCc2ccc(OC)cc2)cc1.O=C=O.O=C=O. The number of benzene rings is 6. The van der Waals surface area contributed by atoms with E-state index in [1.807, 2.05) is 72.8 Å². The first-order valence-corrected chi connectivity index (χ1v) is 30.5. The van der Waals surface area contributed by atoms with E-state index in [9.17, 15) is 28.8 Å². The minimum absolute atomic E-state index is 0.0368. The lowest BCUT2D eigenvalue weighted by Crippen LogP contribution is -2.50. The molecule has 0 aromatic heterocycles. The monoisotopic (exact) mass is 1330 g/mol. The normalized spacial score (nSPS) is 11.3. The summed E-state index contributed by atoms with van der Waals surface area (Å²) in [7, 11) is 9.49. The number of urea groups is 2. The maximum absolute atomic E-state index is 13.2. The van der Waals surface area contributed by atoms with Gasteiger partial charge in [0.2, 0.25) is 0 Å². The van der Waals surface area contributed by atoms with Crippen LogP contribution < -0.4 is 55.4 Å². The van der Waals surface area contributed by atoms with Crippen molar-refractivity contribution < 1.29 is 95.3 Å². The molecule has 0 saturated heterocycles. The zero-order valence-electron chi connectivity index (χ0n) is 54.0. The van der Waals surface area contributed by atoms with Crippen molar-refractivity contribution >= 4 is 60.9 Å². The van der Waals surface area contributed by atoms with E-state index in [1.54, 1.807) is 115 Å². The number of nitrogens with one attached hydrogen (secondary N) is 4. The number of esters is 4. The van der Waals surface area contributed by atoms with Crippen LogP contribution in [0, 0.1) is 0 Å². The van der Waals surface area contributed by atoms with E-state index in [0.717, 1.165) is 33.4 Å².